The lowest BCUT2D eigenvalue weighted by atomic mass is 9.73. The van der Waals surface area contributed by atoms with E-state index in [1.54, 1.807) is 25.2 Å². The molecule has 1 fully saturated rings. The van der Waals surface area contributed by atoms with Crippen molar-refractivity contribution in [2.24, 2.45) is 29.1 Å². The summed E-state index contributed by atoms with van der Waals surface area (Å²) in [6.45, 7) is 16.4. The largest absolute Gasteiger partial charge is 0.392 e. The lowest BCUT2D eigenvalue weighted by molar-refractivity contribution is -0.139. The van der Waals surface area contributed by atoms with Gasteiger partial charge in [-0.05, 0) is 43.6 Å². The number of hydrogen-bond donors (Lipinski definition) is 1. The molecule has 1 heterocycles. The van der Waals surface area contributed by atoms with Gasteiger partial charge in [0.15, 0.2) is 0 Å². The number of Topliss-reactive ketones (excluding diaryl/α,β-unsaturated/α-hetero) is 2. The quantitative estimate of drug-likeness (QED) is 0.436. The molecule has 0 aliphatic heterocycles. The Hall–Kier alpha value is -1.33. The van der Waals surface area contributed by atoms with Crippen LogP contribution in [0.5, 0.6) is 0 Å². The monoisotopic (exact) mass is 519 g/mol. The molecule has 0 spiro atoms. The predicted molar refractivity (Wildman–Crippen MR) is 154 cm³/mol. The lowest BCUT2D eigenvalue weighted by Crippen LogP contribution is -2.41. The van der Waals surface area contributed by atoms with E-state index >= 15 is 0 Å². The average Bonchev–Trinajstić information content (AvgIpc) is 3.23. The number of aromatic nitrogens is 1. The van der Waals surface area contributed by atoms with Crippen molar-refractivity contribution >= 4 is 29.0 Å². The highest BCUT2D eigenvalue weighted by Gasteiger charge is 2.39. The van der Waals surface area contributed by atoms with Gasteiger partial charge in [0.25, 0.3) is 0 Å². The molecular weight excluding hydrogens is 466 g/mol. The van der Waals surface area contributed by atoms with Gasteiger partial charge in [0.1, 0.15) is 11.6 Å². The summed E-state index contributed by atoms with van der Waals surface area (Å²) in [4.78, 5) is 29.5. The van der Waals surface area contributed by atoms with Gasteiger partial charge in [0, 0.05) is 36.0 Å². The van der Waals surface area contributed by atoms with Crippen molar-refractivity contribution in [1.29, 1.82) is 0 Å². The van der Waals surface area contributed by atoms with Crippen LogP contribution in [0.3, 0.4) is 0 Å². The maximum atomic E-state index is 12.8. The Bertz CT molecular complexity index is 810. The molecule has 1 N–H and O–H groups in total. The molecule has 0 bridgehead atoms. The van der Waals surface area contributed by atoms with Crippen molar-refractivity contribution in [3.63, 3.8) is 0 Å². The van der Waals surface area contributed by atoms with E-state index in [1.165, 1.54) is 37.1 Å². The van der Waals surface area contributed by atoms with E-state index in [-0.39, 0.29) is 23.9 Å². The summed E-state index contributed by atoms with van der Waals surface area (Å²) in [7, 11) is 0. The minimum absolute atomic E-state index is 0.0623. The Morgan fingerprint density at radius 1 is 1.08 bits per heavy atom. The minimum Gasteiger partial charge on any atom is -0.392 e. The summed E-state index contributed by atoms with van der Waals surface area (Å²) in [5.74, 6) is 1.91. The van der Waals surface area contributed by atoms with Crippen molar-refractivity contribution in [3.8, 4) is 0 Å². The fourth-order valence-electron chi connectivity index (χ4n) is 4.93. The van der Waals surface area contributed by atoms with Gasteiger partial charge >= 0.3 is 0 Å². The van der Waals surface area contributed by atoms with Crippen LogP contribution in [0.25, 0.3) is 6.08 Å². The molecule has 2 rings (SSSR count). The summed E-state index contributed by atoms with van der Waals surface area (Å²) in [5, 5.41) is 13.9. The molecule has 4 atom stereocenters. The normalized spacial score (nSPS) is 27.2. The van der Waals surface area contributed by atoms with Crippen molar-refractivity contribution in [3.05, 3.63) is 22.2 Å². The van der Waals surface area contributed by atoms with Crippen molar-refractivity contribution in [1.82, 2.24) is 4.98 Å². The first-order valence-corrected chi connectivity index (χ1v) is 15.1. The standard InChI is InChI=1S/C21H38O3.C10H15NS/c1-15-9-7-6-8-10-16(2)13-17(3)20(24)21(4,5)19(23)14-18(22)12-11-15;1-4-5-9-7-12-10(11-9)6-8(2)3/h15-17,19,23H,6-14H2,1-5H3;4-5,7-8H,6H2,1-3H3/b;5-4-/t15-,16?,17?,19?;/m0./s1. The topological polar surface area (TPSA) is 67.3 Å². The number of carbonyl (C=O) groups is 2. The van der Waals surface area contributed by atoms with Crippen LogP contribution < -0.4 is 0 Å². The van der Waals surface area contributed by atoms with Gasteiger partial charge in [0.2, 0.25) is 0 Å². The maximum absolute atomic E-state index is 12.8. The zero-order valence-electron chi connectivity index (χ0n) is 24.3. The highest BCUT2D eigenvalue weighted by atomic mass is 32.1. The van der Waals surface area contributed by atoms with Gasteiger partial charge in [-0.25, -0.2) is 4.98 Å². The number of aliphatic hydroxyl groups excluding tert-OH is 1. The van der Waals surface area contributed by atoms with Gasteiger partial charge in [-0.2, -0.15) is 0 Å². The Balaban J connectivity index is 0.000000450. The molecule has 0 aromatic carbocycles. The van der Waals surface area contributed by atoms with Crippen LogP contribution in [-0.4, -0.2) is 27.8 Å². The van der Waals surface area contributed by atoms with Crippen molar-refractivity contribution in [2.75, 3.05) is 0 Å². The van der Waals surface area contributed by atoms with Gasteiger partial charge in [-0.3, -0.25) is 9.59 Å². The van der Waals surface area contributed by atoms with Crippen LogP contribution in [0.4, 0.5) is 0 Å². The zero-order chi connectivity index (χ0) is 27.3. The first-order chi connectivity index (χ1) is 16.9. The van der Waals surface area contributed by atoms with Crippen LogP contribution in [0.1, 0.15) is 124 Å². The molecule has 1 aliphatic rings. The highest BCUT2D eigenvalue weighted by molar-refractivity contribution is 7.09. The highest BCUT2D eigenvalue weighted by Crippen LogP contribution is 2.32. The zero-order valence-corrected chi connectivity index (χ0v) is 25.1. The molecule has 36 heavy (non-hydrogen) atoms. The second kappa shape index (κ2) is 16.5. The molecular formula is C31H53NO3S. The van der Waals surface area contributed by atoms with Gasteiger partial charge in [-0.1, -0.05) is 86.6 Å². The summed E-state index contributed by atoms with van der Waals surface area (Å²) in [6.07, 6.45) is 12.7. The molecule has 5 heteroatoms. The molecule has 0 radical (unpaired) electrons. The molecule has 1 aromatic rings. The third kappa shape index (κ3) is 12.3. The second-order valence-electron chi connectivity index (χ2n) is 12.1. The minimum atomic E-state index is -0.876. The Kier molecular flexibility index (Phi) is 15.0. The fourth-order valence-corrected chi connectivity index (χ4v) is 5.91. The summed E-state index contributed by atoms with van der Waals surface area (Å²) in [5.41, 5.74) is 0.246. The van der Waals surface area contributed by atoms with Gasteiger partial charge < -0.3 is 5.11 Å². The lowest BCUT2D eigenvalue weighted by Gasteiger charge is -2.32. The molecule has 1 aliphatic carbocycles. The molecule has 4 nitrogen and oxygen atoms in total. The van der Waals surface area contributed by atoms with E-state index in [9.17, 15) is 14.7 Å². The van der Waals surface area contributed by atoms with Crippen LogP contribution in [0, 0.1) is 29.1 Å². The number of rotatable bonds is 3. The number of hydrogen-bond acceptors (Lipinski definition) is 5. The summed E-state index contributed by atoms with van der Waals surface area (Å²) < 4.78 is 0. The van der Waals surface area contributed by atoms with E-state index in [4.69, 9.17) is 0 Å². The number of nitrogens with zero attached hydrogens (tertiary/aromatic N) is 1. The first kappa shape index (κ1) is 32.7. The molecule has 0 amide bonds. The van der Waals surface area contributed by atoms with E-state index in [0.29, 0.717) is 24.2 Å². The molecule has 3 unspecified atom stereocenters. The molecule has 206 valence electrons. The van der Waals surface area contributed by atoms with Crippen LogP contribution in [0.15, 0.2) is 11.5 Å². The van der Waals surface area contributed by atoms with E-state index < -0.39 is 11.5 Å². The van der Waals surface area contributed by atoms with Gasteiger partial charge in [-0.15, -0.1) is 11.3 Å². The van der Waals surface area contributed by atoms with Gasteiger partial charge in [0.05, 0.1) is 16.8 Å². The molecule has 1 saturated carbocycles. The number of allylic oxidation sites excluding steroid dienone is 1. The van der Waals surface area contributed by atoms with E-state index in [0.717, 1.165) is 25.0 Å². The predicted octanol–water partition coefficient (Wildman–Crippen LogP) is 8.32. The molecule has 1 aromatic heterocycles. The van der Waals surface area contributed by atoms with Crippen LogP contribution in [0.2, 0.25) is 0 Å². The Morgan fingerprint density at radius 3 is 2.33 bits per heavy atom. The third-order valence-corrected chi connectivity index (χ3v) is 8.28. The van der Waals surface area contributed by atoms with Crippen molar-refractivity contribution in [2.45, 2.75) is 126 Å². The number of aliphatic hydroxyl groups is 1. The second-order valence-corrected chi connectivity index (χ2v) is 13.1. The number of ketones is 2. The Morgan fingerprint density at radius 2 is 1.72 bits per heavy atom. The Labute approximate surface area is 225 Å². The maximum Gasteiger partial charge on any atom is 0.143 e. The van der Waals surface area contributed by atoms with E-state index in [2.05, 4.69) is 38.1 Å². The van der Waals surface area contributed by atoms with Crippen LogP contribution in [-0.2, 0) is 16.0 Å². The third-order valence-electron chi connectivity index (χ3n) is 7.39. The summed E-state index contributed by atoms with van der Waals surface area (Å²) >= 11 is 1.76. The number of thiazole rings is 1. The smallest absolute Gasteiger partial charge is 0.143 e. The average molecular weight is 520 g/mol. The number of carbonyl (C=O) groups excluding carboxylic acids is 2. The van der Waals surface area contributed by atoms with Crippen molar-refractivity contribution < 1.29 is 14.7 Å². The molecule has 0 saturated heterocycles. The SMILES string of the molecule is C/C=C\c1csc(CC(C)C)n1.CC1CCCCC[C@H](C)CCC(=O)CC(O)C(C)(C)C(=O)C(C)C1. The van der Waals surface area contributed by atoms with E-state index in [1.807, 2.05) is 26.0 Å². The first-order valence-electron chi connectivity index (χ1n) is 14.2. The summed E-state index contributed by atoms with van der Waals surface area (Å²) in [6, 6.07) is 0. The fraction of sp³-hybridized carbons (Fsp3) is 0.774. The van der Waals surface area contributed by atoms with Crippen LogP contribution >= 0.6 is 11.3 Å².